The molecule has 0 aliphatic carbocycles. The fourth-order valence-electron chi connectivity index (χ4n) is 3.65. The Morgan fingerprint density at radius 1 is 1.31 bits per heavy atom. The van der Waals surface area contributed by atoms with Crippen molar-refractivity contribution in [1.29, 1.82) is 0 Å². The number of piperidine rings is 1. The van der Waals surface area contributed by atoms with E-state index in [1.54, 1.807) is 23.4 Å². The van der Waals surface area contributed by atoms with E-state index in [-0.39, 0.29) is 23.3 Å². The monoisotopic (exact) mass is 423 g/mol. The topological polar surface area (TPSA) is 58.4 Å². The predicted molar refractivity (Wildman–Crippen MR) is 102 cm³/mol. The molecule has 1 aliphatic rings. The highest BCUT2D eigenvalue weighted by Gasteiger charge is 2.39. The maximum absolute atomic E-state index is 13.2. The van der Waals surface area contributed by atoms with Crippen LogP contribution in [0.1, 0.15) is 39.7 Å². The van der Waals surface area contributed by atoms with Crippen LogP contribution >= 0.6 is 15.9 Å². The Morgan fingerprint density at radius 3 is 2.54 bits per heavy atom. The summed E-state index contributed by atoms with van der Waals surface area (Å²) in [5.74, 6) is -0.279. The third-order valence-electron chi connectivity index (χ3n) is 5.06. The van der Waals surface area contributed by atoms with Gasteiger partial charge in [-0.3, -0.25) is 0 Å². The van der Waals surface area contributed by atoms with Gasteiger partial charge in [0.2, 0.25) is 0 Å². The van der Waals surface area contributed by atoms with Crippen molar-refractivity contribution in [3.05, 3.63) is 41.0 Å². The molecular weight excluding hydrogens is 401 g/mol. The molecule has 0 bridgehead atoms. The lowest BCUT2D eigenvalue weighted by Gasteiger charge is -2.45. The van der Waals surface area contributed by atoms with Crippen molar-refractivity contribution in [2.45, 2.75) is 45.7 Å². The van der Waals surface area contributed by atoms with Gasteiger partial charge in [-0.2, -0.15) is 0 Å². The van der Waals surface area contributed by atoms with Crippen LogP contribution in [0, 0.1) is 11.2 Å². The van der Waals surface area contributed by atoms with Crippen LogP contribution in [0.25, 0.3) is 11.3 Å². The molecule has 1 amide bonds. The fourth-order valence-corrected chi connectivity index (χ4v) is 4.36. The largest absolute Gasteiger partial charge is 0.465 e. The van der Waals surface area contributed by atoms with Crippen molar-refractivity contribution in [2.75, 3.05) is 6.54 Å². The van der Waals surface area contributed by atoms with Crippen LogP contribution in [0.5, 0.6) is 0 Å². The van der Waals surface area contributed by atoms with Crippen molar-refractivity contribution in [2.24, 2.45) is 5.41 Å². The van der Waals surface area contributed by atoms with E-state index < -0.39 is 6.09 Å². The summed E-state index contributed by atoms with van der Waals surface area (Å²) < 4.78 is 16.1. The maximum atomic E-state index is 13.2. The first-order valence-corrected chi connectivity index (χ1v) is 9.45. The standard InChI is InChI=1S/C19H23BrFN3O2/c1-19(2,3)15-10-14(8-9-23(15)18(25)26)24-11-22-16(17(24)20)12-4-6-13(21)7-5-12/h4-7,11,14-15H,8-10H2,1-3H3,(H,25,26). The Labute approximate surface area is 161 Å². The van der Waals surface area contributed by atoms with Crippen LogP contribution in [0.15, 0.2) is 35.2 Å². The van der Waals surface area contributed by atoms with Crippen molar-refractivity contribution in [3.8, 4) is 11.3 Å². The number of hydrogen-bond acceptors (Lipinski definition) is 2. The van der Waals surface area contributed by atoms with Gasteiger partial charge in [-0.05, 0) is 58.5 Å². The molecule has 2 heterocycles. The molecular formula is C19H23BrFN3O2. The number of rotatable bonds is 2. The van der Waals surface area contributed by atoms with Crippen LogP contribution < -0.4 is 0 Å². The van der Waals surface area contributed by atoms with E-state index in [1.807, 2.05) is 0 Å². The average Bonchev–Trinajstić information content (AvgIpc) is 2.96. The van der Waals surface area contributed by atoms with Crippen molar-refractivity contribution in [1.82, 2.24) is 14.5 Å². The molecule has 1 saturated heterocycles. The average molecular weight is 424 g/mol. The van der Waals surface area contributed by atoms with E-state index in [0.717, 1.165) is 28.7 Å². The van der Waals surface area contributed by atoms with Crippen LogP contribution in [0.3, 0.4) is 0 Å². The molecule has 5 nitrogen and oxygen atoms in total. The Balaban J connectivity index is 1.88. The number of aromatic nitrogens is 2. The second kappa shape index (κ2) is 7.02. The summed E-state index contributed by atoms with van der Waals surface area (Å²) in [5, 5.41) is 9.53. The van der Waals surface area contributed by atoms with E-state index in [1.165, 1.54) is 12.1 Å². The van der Waals surface area contributed by atoms with Crippen LogP contribution in [-0.2, 0) is 0 Å². The van der Waals surface area contributed by atoms with Gasteiger partial charge in [0, 0.05) is 24.2 Å². The lowest BCUT2D eigenvalue weighted by Crippen LogP contribution is -2.51. The molecule has 1 aromatic heterocycles. The SMILES string of the molecule is CC(C)(C)C1CC(n2cnc(-c3ccc(F)cc3)c2Br)CCN1C(=O)O. The number of amides is 1. The lowest BCUT2D eigenvalue weighted by atomic mass is 9.79. The number of imidazole rings is 1. The Kier molecular flexibility index (Phi) is 5.10. The molecule has 7 heteroatoms. The van der Waals surface area contributed by atoms with E-state index in [0.29, 0.717) is 6.54 Å². The summed E-state index contributed by atoms with van der Waals surface area (Å²) in [6.07, 6.45) is 2.38. The maximum Gasteiger partial charge on any atom is 0.407 e. The normalized spacial score (nSPS) is 21.0. The summed E-state index contributed by atoms with van der Waals surface area (Å²) in [5.41, 5.74) is 1.45. The molecule has 2 unspecified atom stereocenters. The van der Waals surface area contributed by atoms with E-state index in [9.17, 15) is 14.3 Å². The predicted octanol–water partition coefficient (Wildman–Crippen LogP) is 5.18. The Bertz CT molecular complexity index is 798. The van der Waals surface area contributed by atoms with Gasteiger partial charge in [0.25, 0.3) is 0 Å². The van der Waals surface area contributed by atoms with Gasteiger partial charge in [0.1, 0.15) is 16.1 Å². The zero-order valence-electron chi connectivity index (χ0n) is 15.1. The van der Waals surface area contributed by atoms with Gasteiger partial charge in [-0.15, -0.1) is 0 Å². The zero-order chi connectivity index (χ0) is 19.1. The summed E-state index contributed by atoms with van der Waals surface area (Å²) in [4.78, 5) is 17.7. The molecule has 0 spiro atoms. The van der Waals surface area contributed by atoms with Gasteiger partial charge >= 0.3 is 6.09 Å². The minimum Gasteiger partial charge on any atom is -0.465 e. The summed E-state index contributed by atoms with van der Waals surface area (Å²) in [7, 11) is 0. The molecule has 140 valence electrons. The van der Waals surface area contributed by atoms with Crippen molar-refractivity contribution in [3.63, 3.8) is 0 Å². The summed E-state index contributed by atoms with van der Waals surface area (Å²) >= 11 is 3.63. The summed E-state index contributed by atoms with van der Waals surface area (Å²) in [6.45, 7) is 6.72. The van der Waals surface area contributed by atoms with E-state index in [4.69, 9.17) is 0 Å². The molecule has 1 fully saturated rings. The highest BCUT2D eigenvalue weighted by molar-refractivity contribution is 9.10. The quantitative estimate of drug-likeness (QED) is 0.723. The Hall–Kier alpha value is -1.89. The molecule has 1 aliphatic heterocycles. The van der Waals surface area contributed by atoms with E-state index in [2.05, 4.69) is 46.3 Å². The van der Waals surface area contributed by atoms with Crippen molar-refractivity contribution >= 4 is 22.0 Å². The van der Waals surface area contributed by atoms with Crippen LogP contribution in [-0.4, -0.2) is 38.2 Å². The first kappa shape index (κ1) is 18.9. The highest BCUT2D eigenvalue weighted by Crippen LogP contribution is 2.39. The van der Waals surface area contributed by atoms with E-state index >= 15 is 0 Å². The van der Waals surface area contributed by atoms with Gasteiger partial charge in [-0.25, -0.2) is 14.2 Å². The molecule has 1 aromatic carbocycles. The third-order valence-corrected chi connectivity index (χ3v) is 5.85. The molecule has 2 aromatic rings. The molecule has 1 N–H and O–H groups in total. The minimum absolute atomic E-state index is 0.0673. The number of carbonyl (C=O) groups is 1. The van der Waals surface area contributed by atoms with Gasteiger partial charge < -0.3 is 14.6 Å². The van der Waals surface area contributed by atoms with Gasteiger partial charge in [-0.1, -0.05) is 20.8 Å². The smallest absolute Gasteiger partial charge is 0.407 e. The number of hydrogen-bond donors (Lipinski definition) is 1. The van der Waals surface area contributed by atoms with Gasteiger partial charge in [0.05, 0.1) is 6.33 Å². The fraction of sp³-hybridized carbons (Fsp3) is 0.474. The highest BCUT2D eigenvalue weighted by atomic mass is 79.9. The number of benzene rings is 1. The third kappa shape index (κ3) is 3.63. The number of halogens is 2. The minimum atomic E-state index is -0.861. The first-order valence-electron chi connectivity index (χ1n) is 8.66. The molecule has 26 heavy (non-hydrogen) atoms. The number of nitrogens with zero attached hydrogens (tertiary/aromatic N) is 3. The molecule has 3 rings (SSSR count). The first-order chi connectivity index (χ1) is 12.2. The molecule has 0 saturated carbocycles. The van der Waals surface area contributed by atoms with Crippen LogP contribution in [0.2, 0.25) is 0 Å². The second-order valence-electron chi connectivity index (χ2n) is 7.83. The Morgan fingerprint density at radius 2 is 1.96 bits per heavy atom. The number of likely N-dealkylation sites (tertiary alicyclic amines) is 1. The zero-order valence-corrected chi connectivity index (χ0v) is 16.7. The van der Waals surface area contributed by atoms with Gasteiger partial charge in [0.15, 0.2) is 0 Å². The van der Waals surface area contributed by atoms with Crippen LogP contribution in [0.4, 0.5) is 9.18 Å². The number of carboxylic acid groups (broad SMARTS) is 1. The van der Waals surface area contributed by atoms with Crippen molar-refractivity contribution < 1.29 is 14.3 Å². The lowest BCUT2D eigenvalue weighted by molar-refractivity contribution is 0.0425. The summed E-state index contributed by atoms with van der Waals surface area (Å²) in [6, 6.07) is 6.34. The second-order valence-corrected chi connectivity index (χ2v) is 8.59. The molecule has 2 atom stereocenters. The molecule has 0 radical (unpaired) electrons.